The molecule has 5 rings (SSSR count). The van der Waals surface area contributed by atoms with E-state index in [4.69, 9.17) is 15.5 Å². The number of benzene rings is 1. The molecule has 0 radical (unpaired) electrons. The number of hydrogen-bond donors (Lipinski definition) is 1. The third kappa shape index (κ3) is 3.08. The van der Waals surface area contributed by atoms with Crippen molar-refractivity contribution >= 4 is 22.2 Å². The topological polar surface area (TPSA) is 106 Å². The number of ether oxygens (including phenoxy) is 1. The van der Waals surface area contributed by atoms with E-state index in [0.717, 1.165) is 12.8 Å². The van der Waals surface area contributed by atoms with Crippen molar-refractivity contribution in [3.8, 4) is 5.95 Å². The molecule has 0 unspecified atom stereocenters. The van der Waals surface area contributed by atoms with Gasteiger partial charge in [0, 0.05) is 31.9 Å². The zero-order chi connectivity index (χ0) is 20.7. The van der Waals surface area contributed by atoms with E-state index in [-0.39, 0.29) is 17.5 Å². The Kier molecular flexibility index (Phi) is 4.80. The van der Waals surface area contributed by atoms with Gasteiger partial charge in [-0.25, -0.2) is 19.2 Å². The van der Waals surface area contributed by atoms with Gasteiger partial charge in [0.25, 0.3) is 0 Å². The van der Waals surface area contributed by atoms with Gasteiger partial charge >= 0.3 is 5.69 Å². The average molecular weight is 411 g/mol. The molecule has 0 bridgehead atoms. The minimum absolute atomic E-state index is 0.00704. The van der Waals surface area contributed by atoms with E-state index in [9.17, 15) is 9.18 Å². The van der Waals surface area contributed by atoms with Crippen LogP contribution in [0.3, 0.4) is 0 Å². The van der Waals surface area contributed by atoms with Crippen molar-refractivity contribution in [1.29, 1.82) is 0 Å². The summed E-state index contributed by atoms with van der Waals surface area (Å²) in [6.07, 6.45) is 5.38. The molecular formula is C20H22FN7O2. The summed E-state index contributed by atoms with van der Waals surface area (Å²) in [5, 5.41) is 0. The lowest BCUT2D eigenvalue weighted by molar-refractivity contribution is 0.0694. The molecule has 9 nitrogen and oxygen atoms in total. The van der Waals surface area contributed by atoms with Crippen LogP contribution in [0.15, 0.2) is 35.5 Å². The molecular weight excluding hydrogens is 389 g/mol. The Morgan fingerprint density at radius 1 is 1.20 bits per heavy atom. The van der Waals surface area contributed by atoms with Crippen LogP contribution in [0.25, 0.3) is 28.1 Å². The predicted molar refractivity (Wildman–Crippen MR) is 109 cm³/mol. The summed E-state index contributed by atoms with van der Waals surface area (Å²) in [5.74, 6) is -0.0234. The van der Waals surface area contributed by atoms with Crippen LogP contribution in [0, 0.1) is 5.82 Å². The van der Waals surface area contributed by atoms with Crippen molar-refractivity contribution in [1.82, 2.24) is 28.7 Å². The first kappa shape index (κ1) is 18.9. The van der Waals surface area contributed by atoms with Crippen LogP contribution in [0.5, 0.6) is 0 Å². The van der Waals surface area contributed by atoms with E-state index < -0.39 is 0 Å². The van der Waals surface area contributed by atoms with Crippen LogP contribution in [0.1, 0.15) is 25.3 Å². The number of aromatic nitrogens is 6. The SMILES string of the molecule is NCCCn1c(=O)n(C2CCOCC2)c2nc(-n3cnc4ccc(F)cc43)ncc21. The molecule has 0 spiro atoms. The van der Waals surface area contributed by atoms with Gasteiger partial charge in [0.15, 0.2) is 5.65 Å². The van der Waals surface area contributed by atoms with Gasteiger partial charge in [-0.1, -0.05) is 0 Å². The first-order valence-electron chi connectivity index (χ1n) is 10.1. The molecule has 1 aliphatic rings. The van der Waals surface area contributed by atoms with Gasteiger partial charge in [-0.3, -0.25) is 13.7 Å². The fourth-order valence-corrected chi connectivity index (χ4v) is 4.04. The molecule has 1 saturated heterocycles. The van der Waals surface area contributed by atoms with Gasteiger partial charge in [-0.15, -0.1) is 0 Å². The molecule has 156 valence electrons. The first-order chi connectivity index (χ1) is 14.7. The monoisotopic (exact) mass is 411 g/mol. The van der Waals surface area contributed by atoms with E-state index in [2.05, 4.69) is 9.97 Å². The Morgan fingerprint density at radius 3 is 2.83 bits per heavy atom. The maximum absolute atomic E-state index is 13.8. The van der Waals surface area contributed by atoms with Gasteiger partial charge in [-0.05, 0) is 37.9 Å². The van der Waals surface area contributed by atoms with Gasteiger partial charge in [0.05, 0.1) is 17.2 Å². The molecule has 1 aromatic carbocycles. The maximum Gasteiger partial charge on any atom is 0.330 e. The van der Waals surface area contributed by atoms with Crippen molar-refractivity contribution in [2.75, 3.05) is 19.8 Å². The van der Waals surface area contributed by atoms with Gasteiger partial charge < -0.3 is 10.5 Å². The number of imidazole rings is 2. The smallest absolute Gasteiger partial charge is 0.330 e. The largest absolute Gasteiger partial charge is 0.381 e. The second-order valence-electron chi connectivity index (χ2n) is 7.42. The minimum atomic E-state index is -0.364. The molecule has 4 aromatic rings. The van der Waals surface area contributed by atoms with Crippen LogP contribution in [-0.2, 0) is 11.3 Å². The second kappa shape index (κ2) is 7.62. The number of nitrogens with two attached hydrogens (primary N) is 1. The molecule has 0 saturated carbocycles. The molecule has 0 amide bonds. The predicted octanol–water partition coefficient (Wildman–Crippen LogP) is 1.77. The standard InChI is InChI=1S/C20H22FN7O2/c21-13-2-3-15-16(10-13)27(12-24-15)19-23-11-17-18(25-19)28(14-4-8-30-9-5-14)20(29)26(17)7-1-6-22/h2-3,10-12,14H,1,4-9,22H2. The number of hydrogen-bond acceptors (Lipinski definition) is 6. The fraction of sp³-hybridized carbons (Fsp3) is 0.400. The van der Waals surface area contributed by atoms with Crippen molar-refractivity contribution in [2.24, 2.45) is 5.73 Å². The number of nitrogens with zero attached hydrogens (tertiary/aromatic N) is 6. The molecule has 0 aliphatic carbocycles. The van der Waals surface area contributed by atoms with Crippen LogP contribution >= 0.6 is 0 Å². The third-order valence-electron chi connectivity index (χ3n) is 5.56. The van der Waals surface area contributed by atoms with Crippen LogP contribution in [-0.4, -0.2) is 48.4 Å². The molecule has 2 N–H and O–H groups in total. The fourth-order valence-electron chi connectivity index (χ4n) is 4.04. The average Bonchev–Trinajstić information content (AvgIpc) is 3.30. The lowest BCUT2D eigenvalue weighted by atomic mass is 10.1. The van der Waals surface area contributed by atoms with Gasteiger partial charge in [-0.2, -0.15) is 4.98 Å². The van der Waals surface area contributed by atoms with Crippen LogP contribution in [0.4, 0.5) is 4.39 Å². The Balaban J connectivity index is 1.70. The molecule has 4 heterocycles. The van der Waals surface area contributed by atoms with E-state index in [1.807, 2.05) is 0 Å². The molecule has 0 atom stereocenters. The number of rotatable bonds is 5. The molecule has 10 heteroatoms. The highest BCUT2D eigenvalue weighted by atomic mass is 19.1. The third-order valence-corrected chi connectivity index (χ3v) is 5.56. The number of halogens is 1. The normalized spacial score (nSPS) is 15.4. The highest BCUT2D eigenvalue weighted by Crippen LogP contribution is 2.25. The summed E-state index contributed by atoms with van der Waals surface area (Å²) in [5.41, 5.74) is 7.99. The van der Waals surface area contributed by atoms with E-state index in [1.165, 1.54) is 12.1 Å². The summed E-state index contributed by atoms with van der Waals surface area (Å²) < 4.78 is 24.3. The summed E-state index contributed by atoms with van der Waals surface area (Å²) in [4.78, 5) is 26.7. The van der Waals surface area contributed by atoms with Gasteiger partial charge in [0.1, 0.15) is 17.7 Å². The molecule has 3 aromatic heterocycles. The summed E-state index contributed by atoms with van der Waals surface area (Å²) in [7, 11) is 0. The lowest BCUT2D eigenvalue weighted by Gasteiger charge is -2.22. The Labute approximate surface area is 170 Å². The van der Waals surface area contributed by atoms with Crippen LogP contribution in [0.2, 0.25) is 0 Å². The summed E-state index contributed by atoms with van der Waals surface area (Å²) in [6.45, 7) is 2.21. The minimum Gasteiger partial charge on any atom is -0.381 e. The summed E-state index contributed by atoms with van der Waals surface area (Å²) >= 11 is 0. The van der Waals surface area contributed by atoms with Crippen molar-refractivity contribution in [3.05, 3.63) is 47.0 Å². The second-order valence-corrected chi connectivity index (χ2v) is 7.42. The maximum atomic E-state index is 13.8. The zero-order valence-corrected chi connectivity index (χ0v) is 16.4. The van der Waals surface area contributed by atoms with E-state index in [1.54, 1.807) is 32.3 Å². The summed E-state index contributed by atoms with van der Waals surface area (Å²) in [6, 6.07) is 4.38. The van der Waals surface area contributed by atoms with Gasteiger partial charge in [0.2, 0.25) is 5.95 Å². The van der Waals surface area contributed by atoms with Crippen molar-refractivity contribution < 1.29 is 9.13 Å². The van der Waals surface area contributed by atoms with Crippen molar-refractivity contribution in [2.45, 2.75) is 31.8 Å². The molecule has 30 heavy (non-hydrogen) atoms. The molecule has 1 fully saturated rings. The number of fused-ring (bicyclic) bond motifs is 2. The highest BCUT2D eigenvalue weighted by Gasteiger charge is 2.24. The van der Waals surface area contributed by atoms with E-state index in [0.29, 0.717) is 60.9 Å². The first-order valence-corrected chi connectivity index (χ1v) is 10.1. The Bertz CT molecular complexity index is 1270. The van der Waals surface area contributed by atoms with E-state index >= 15 is 0 Å². The Morgan fingerprint density at radius 2 is 2.03 bits per heavy atom. The van der Waals surface area contributed by atoms with Crippen LogP contribution < -0.4 is 11.4 Å². The quantitative estimate of drug-likeness (QED) is 0.537. The number of aryl methyl sites for hydroxylation is 1. The lowest BCUT2D eigenvalue weighted by Crippen LogP contribution is -2.31. The van der Waals surface area contributed by atoms with Crippen molar-refractivity contribution in [3.63, 3.8) is 0 Å². The Hall–Kier alpha value is -3.11. The zero-order valence-electron chi connectivity index (χ0n) is 16.4. The molecule has 1 aliphatic heterocycles. The highest BCUT2D eigenvalue weighted by molar-refractivity contribution is 5.77.